The number of rotatable bonds is 3. The van der Waals surface area contributed by atoms with Gasteiger partial charge < -0.3 is 0 Å². The van der Waals surface area contributed by atoms with Gasteiger partial charge in [-0.15, -0.1) is 0 Å². The van der Waals surface area contributed by atoms with Crippen LogP contribution in [0.15, 0.2) is 42.5 Å². The molecule has 0 radical (unpaired) electrons. The van der Waals surface area contributed by atoms with Crippen molar-refractivity contribution in [2.45, 2.75) is 32.0 Å². The van der Waals surface area contributed by atoms with Crippen LogP contribution in [-0.2, 0) is 12.7 Å². The van der Waals surface area contributed by atoms with Gasteiger partial charge >= 0.3 is 6.18 Å². The van der Waals surface area contributed by atoms with E-state index in [1.54, 1.807) is 13.0 Å². The summed E-state index contributed by atoms with van der Waals surface area (Å²) in [5.41, 5.74) is 1.73. The summed E-state index contributed by atoms with van der Waals surface area (Å²) in [7, 11) is 0. The smallest absolute Gasteiger partial charge is 0.298 e. The molecule has 1 unspecified atom stereocenters. The predicted molar refractivity (Wildman–Crippen MR) is 91.8 cm³/mol. The van der Waals surface area contributed by atoms with Crippen LogP contribution in [0.25, 0.3) is 5.65 Å². The van der Waals surface area contributed by atoms with Gasteiger partial charge in [-0.25, -0.2) is 9.50 Å². The van der Waals surface area contributed by atoms with E-state index in [9.17, 15) is 13.2 Å². The molecular weight excluding hydrogens is 341 g/mol. The van der Waals surface area contributed by atoms with E-state index < -0.39 is 11.9 Å². The number of benzene rings is 1. The number of nitrogens with zero attached hydrogens (tertiary/aromatic N) is 4. The Hall–Kier alpha value is -2.41. The number of hydrogen-bond acceptors (Lipinski definition) is 3. The molecule has 1 aromatic carbocycles. The molecular formula is C19H19F3N4. The Morgan fingerprint density at radius 2 is 1.92 bits per heavy atom. The molecule has 136 valence electrons. The van der Waals surface area contributed by atoms with Crippen LogP contribution >= 0.6 is 0 Å². The number of halogens is 3. The van der Waals surface area contributed by atoms with Crippen molar-refractivity contribution >= 4 is 5.65 Å². The van der Waals surface area contributed by atoms with Crippen molar-refractivity contribution in [3.63, 3.8) is 0 Å². The molecule has 2 aromatic heterocycles. The third-order valence-electron chi connectivity index (χ3n) is 4.80. The van der Waals surface area contributed by atoms with Gasteiger partial charge in [0.15, 0.2) is 5.65 Å². The summed E-state index contributed by atoms with van der Waals surface area (Å²) in [6.07, 6.45) is -3.66. The van der Waals surface area contributed by atoms with Gasteiger partial charge in [-0.2, -0.15) is 18.3 Å². The zero-order chi connectivity index (χ0) is 18.3. The lowest BCUT2D eigenvalue weighted by molar-refractivity contribution is -0.142. The van der Waals surface area contributed by atoms with Crippen LogP contribution in [0.5, 0.6) is 0 Å². The van der Waals surface area contributed by atoms with Crippen LogP contribution in [0, 0.1) is 6.92 Å². The second kappa shape index (κ2) is 6.39. The first-order valence-corrected chi connectivity index (χ1v) is 8.61. The Labute approximate surface area is 149 Å². The molecule has 1 atom stereocenters. The molecule has 1 fully saturated rings. The number of alkyl halides is 3. The highest BCUT2D eigenvalue weighted by Crippen LogP contribution is 2.34. The monoisotopic (exact) mass is 360 g/mol. The van der Waals surface area contributed by atoms with Crippen LogP contribution in [-0.4, -0.2) is 32.6 Å². The average Bonchev–Trinajstić information content (AvgIpc) is 3.19. The zero-order valence-electron chi connectivity index (χ0n) is 14.4. The molecule has 0 bridgehead atoms. The lowest BCUT2D eigenvalue weighted by atomic mass is 10.0. The lowest BCUT2D eigenvalue weighted by Gasteiger charge is -2.17. The van der Waals surface area contributed by atoms with E-state index in [1.165, 1.54) is 5.56 Å². The third-order valence-corrected chi connectivity index (χ3v) is 4.80. The fourth-order valence-electron chi connectivity index (χ4n) is 3.58. The Kier molecular flexibility index (Phi) is 4.19. The number of hydrogen-bond donors (Lipinski definition) is 0. The van der Waals surface area contributed by atoms with E-state index in [2.05, 4.69) is 27.1 Å². The van der Waals surface area contributed by atoms with Crippen molar-refractivity contribution in [2.24, 2.45) is 0 Å². The summed E-state index contributed by atoms with van der Waals surface area (Å²) in [4.78, 5) is 6.73. The van der Waals surface area contributed by atoms with Crippen molar-refractivity contribution < 1.29 is 13.2 Å². The second-order valence-electron chi connectivity index (χ2n) is 6.83. The highest BCUT2D eigenvalue weighted by atomic mass is 19.4. The first-order valence-electron chi connectivity index (χ1n) is 8.61. The normalized spacial score (nSPS) is 18.7. The fraction of sp³-hybridized carbons (Fsp3) is 0.368. The summed E-state index contributed by atoms with van der Waals surface area (Å²) < 4.78 is 41.3. The summed E-state index contributed by atoms with van der Waals surface area (Å²) in [5, 5.41) is 3.94. The van der Waals surface area contributed by atoms with Crippen molar-refractivity contribution in [1.82, 2.24) is 19.5 Å². The molecule has 1 saturated heterocycles. The van der Waals surface area contributed by atoms with Gasteiger partial charge in [-0.05, 0) is 31.5 Å². The van der Waals surface area contributed by atoms with Gasteiger partial charge in [0, 0.05) is 30.8 Å². The van der Waals surface area contributed by atoms with Gasteiger partial charge in [0.05, 0.1) is 5.69 Å². The van der Waals surface area contributed by atoms with Crippen molar-refractivity contribution in [3.8, 4) is 0 Å². The first-order chi connectivity index (χ1) is 12.4. The number of likely N-dealkylation sites (tertiary alicyclic amines) is 1. The summed E-state index contributed by atoms with van der Waals surface area (Å²) in [5.74, 6) is 0.0000170. The number of aromatic nitrogens is 3. The number of fused-ring (bicyclic) bond motifs is 1. The molecule has 3 aromatic rings. The summed E-state index contributed by atoms with van der Waals surface area (Å²) >= 11 is 0. The van der Waals surface area contributed by atoms with Gasteiger partial charge in [0.2, 0.25) is 0 Å². The molecule has 4 nitrogen and oxygen atoms in total. The maximum absolute atomic E-state index is 13.5. The Balaban J connectivity index is 1.61. The molecule has 0 spiro atoms. The first kappa shape index (κ1) is 17.0. The van der Waals surface area contributed by atoms with E-state index in [-0.39, 0.29) is 11.6 Å². The van der Waals surface area contributed by atoms with Crippen LogP contribution in [0.2, 0.25) is 0 Å². The average molecular weight is 360 g/mol. The summed E-state index contributed by atoms with van der Waals surface area (Å²) in [6, 6.07) is 12.8. The van der Waals surface area contributed by atoms with Crippen molar-refractivity contribution in [3.05, 3.63) is 65.1 Å². The largest absolute Gasteiger partial charge is 0.433 e. The minimum Gasteiger partial charge on any atom is -0.298 e. The molecule has 1 aliphatic rings. The van der Waals surface area contributed by atoms with E-state index >= 15 is 0 Å². The number of aryl methyl sites for hydroxylation is 1. The fourth-order valence-corrected chi connectivity index (χ4v) is 3.58. The topological polar surface area (TPSA) is 33.4 Å². The molecule has 0 aliphatic carbocycles. The van der Waals surface area contributed by atoms with Gasteiger partial charge in [0.25, 0.3) is 0 Å². The lowest BCUT2D eigenvalue weighted by Crippen LogP contribution is -2.20. The van der Waals surface area contributed by atoms with E-state index in [4.69, 9.17) is 0 Å². The standard InChI is InChI=1S/C19H19F3N4/c1-13-9-18-23-16(10-17(19(20,21)22)26(18)24-13)15-7-8-25(12-15)11-14-5-3-2-4-6-14/h2-6,9-10,15H,7-8,11-12H2,1H3. The molecule has 4 rings (SSSR count). The van der Waals surface area contributed by atoms with Crippen LogP contribution < -0.4 is 0 Å². The SMILES string of the molecule is Cc1cc2nc(C3CCN(Cc4ccccc4)C3)cc(C(F)(F)F)n2n1. The van der Waals surface area contributed by atoms with Crippen molar-refractivity contribution in [1.29, 1.82) is 0 Å². The van der Waals surface area contributed by atoms with Crippen LogP contribution in [0.4, 0.5) is 13.2 Å². The Morgan fingerprint density at radius 3 is 2.65 bits per heavy atom. The van der Waals surface area contributed by atoms with E-state index in [0.29, 0.717) is 17.9 Å². The second-order valence-corrected chi connectivity index (χ2v) is 6.83. The minimum atomic E-state index is -4.46. The molecule has 0 N–H and O–H groups in total. The molecule has 3 heterocycles. The van der Waals surface area contributed by atoms with E-state index in [1.807, 2.05) is 18.2 Å². The van der Waals surface area contributed by atoms with E-state index in [0.717, 1.165) is 30.1 Å². The minimum absolute atomic E-state index is 0.0000170. The van der Waals surface area contributed by atoms with Gasteiger partial charge in [0.1, 0.15) is 5.69 Å². The maximum Gasteiger partial charge on any atom is 0.433 e. The van der Waals surface area contributed by atoms with Crippen LogP contribution in [0.1, 0.15) is 35.0 Å². The molecule has 0 saturated carbocycles. The third kappa shape index (κ3) is 3.31. The zero-order valence-corrected chi connectivity index (χ0v) is 14.4. The molecule has 1 aliphatic heterocycles. The van der Waals surface area contributed by atoms with Gasteiger partial charge in [-0.3, -0.25) is 4.90 Å². The molecule has 26 heavy (non-hydrogen) atoms. The highest BCUT2D eigenvalue weighted by molar-refractivity contribution is 5.43. The Bertz CT molecular complexity index is 918. The quantitative estimate of drug-likeness (QED) is 0.707. The Morgan fingerprint density at radius 1 is 1.15 bits per heavy atom. The molecule has 7 heteroatoms. The van der Waals surface area contributed by atoms with Crippen LogP contribution in [0.3, 0.4) is 0 Å². The maximum atomic E-state index is 13.5. The summed E-state index contributed by atoms with van der Waals surface area (Å²) in [6.45, 7) is 4.04. The van der Waals surface area contributed by atoms with Gasteiger partial charge in [-0.1, -0.05) is 30.3 Å². The van der Waals surface area contributed by atoms with Crippen molar-refractivity contribution in [2.75, 3.05) is 13.1 Å². The molecule has 0 amide bonds. The highest BCUT2D eigenvalue weighted by Gasteiger charge is 2.36. The predicted octanol–water partition coefficient (Wildman–Crippen LogP) is 4.05.